The molecule has 3 aromatic rings. The maximum absolute atomic E-state index is 5.25. The SMILES string of the molecule is COc1ccc2cc(CNCCc3cnc[nH]3)ccc2c1. The summed E-state index contributed by atoms with van der Waals surface area (Å²) in [5.41, 5.74) is 2.45. The first kappa shape index (κ1) is 13.6. The van der Waals surface area contributed by atoms with E-state index < -0.39 is 0 Å². The fraction of sp³-hybridized carbons (Fsp3) is 0.235. The van der Waals surface area contributed by atoms with E-state index in [2.05, 4.69) is 45.6 Å². The second kappa shape index (κ2) is 6.41. The van der Waals surface area contributed by atoms with Crippen LogP contribution >= 0.6 is 0 Å². The predicted molar refractivity (Wildman–Crippen MR) is 84.5 cm³/mol. The third-order valence-electron chi connectivity index (χ3n) is 3.57. The molecule has 108 valence electrons. The number of imidazole rings is 1. The molecule has 0 atom stereocenters. The maximum Gasteiger partial charge on any atom is 0.119 e. The van der Waals surface area contributed by atoms with Crippen LogP contribution in [0, 0.1) is 0 Å². The van der Waals surface area contributed by atoms with Crippen LogP contribution in [0.3, 0.4) is 0 Å². The van der Waals surface area contributed by atoms with Crippen LogP contribution in [0.5, 0.6) is 5.75 Å². The van der Waals surface area contributed by atoms with Crippen LogP contribution in [0.4, 0.5) is 0 Å². The molecule has 4 heteroatoms. The average molecular weight is 281 g/mol. The van der Waals surface area contributed by atoms with Crippen molar-refractivity contribution in [2.45, 2.75) is 13.0 Å². The lowest BCUT2D eigenvalue weighted by Crippen LogP contribution is -2.16. The van der Waals surface area contributed by atoms with E-state index in [1.165, 1.54) is 16.3 Å². The van der Waals surface area contributed by atoms with Gasteiger partial charge in [-0.25, -0.2) is 4.98 Å². The van der Waals surface area contributed by atoms with Gasteiger partial charge in [-0.15, -0.1) is 0 Å². The molecule has 3 rings (SSSR count). The first-order valence-corrected chi connectivity index (χ1v) is 7.10. The number of benzene rings is 2. The van der Waals surface area contributed by atoms with Crippen molar-refractivity contribution in [3.8, 4) is 5.75 Å². The highest BCUT2D eigenvalue weighted by atomic mass is 16.5. The second-order valence-corrected chi connectivity index (χ2v) is 5.05. The van der Waals surface area contributed by atoms with Crippen LogP contribution in [0.1, 0.15) is 11.3 Å². The number of rotatable bonds is 6. The molecular formula is C17H19N3O. The van der Waals surface area contributed by atoms with Crippen LogP contribution in [-0.2, 0) is 13.0 Å². The van der Waals surface area contributed by atoms with Crippen molar-refractivity contribution in [3.63, 3.8) is 0 Å². The zero-order chi connectivity index (χ0) is 14.5. The molecule has 0 fully saturated rings. The van der Waals surface area contributed by atoms with Gasteiger partial charge in [-0.3, -0.25) is 0 Å². The van der Waals surface area contributed by atoms with E-state index in [0.29, 0.717) is 0 Å². The van der Waals surface area contributed by atoms with E-state index in [1.54, 1.807) is 13.4 Å². The number of ether oxygens (including phenoxy) is 1. The highest BCUT2D eigenvalue weighted by molar-refractivity contribution is 5.84. The molecular weight excluding hydrogens is 262 g/mol. The van der Waals surface area contributed by atoms with Crippen LogP contribution in [0.15, 0.2) is 48.9 Å². The van der Waals surface area contributed by atoms with Gasteiger partial charge in [0.15, 0.2) is 0 Å². The number of hydrogen-bond acceptors (Lipinski definition) is 3. The molecule has 0 spiro atoms. The summed E-state index contributed by atoms with van der Waals surface area (Å²) in [5.74, 6) is 0.896. The van der Waals surface area contributed by atoms with Crippen molar-refractivity contribution in [1.82, 2.24) is 15.3 Å². The zero-order valence-corrected chi connectivity index (χ0v) is 12.1. The number of nitrogens with zero attached hydrogens (tertiary/aromatic N) is 1. The minimum Gasteiger partial charge on any atom is -0.497 e. The molecule has 0 radical (unpaired) electrons. The summed E-state index contributed by atoms with van der Waals surface area (Å²) in [6, 6.07) is 12.7. The van der Waals surface area contributed by atoms with Gasteiger partial charge in [0.1, 0.15) is 5.75 Å². The van der Waals surface area contributed by atoms with E-state index in [0.717, 1.165) is 31.0 Å². The third-order valence-corrected chi connectivity index (χ3v) is 3.57. The summed E-state index contributed by atoms with van der Waals surface area (Å²) in [7, 11) is 1.69. The Kier molecular flexibility index (Phi) is 4.17. The van der Waals surface area contributed by atoms with Gasteiger partial charge in [0, 0.05) is 31.4 Å². The molecule has 2 N–H and O–H groups in total. The lowest BCUT2D eigenvalue weighted by atomic mass is 10.1. The number of methoxy groups -OCH3 is 1. The van der Waals surface area contributed by atoms with Gasteiger partial charge in [-0.05, 0) is 34.5 Å². The molecule has 2 aromatic carbocycles. The van der Waals surface area contributed by atoms with Crippen LogP contribution in [0.2, 0.25) is 0 Å². The molecule has 0 saturated heterocycles. The number of fused-ring (bicyclic) bond motifs is 1. The molecule has 0 aliphatic heterocycles. The Morgan fingerprint density at radius 2 is 2.00 bits per heavy atom. The number of nitrogens with one attached hydrogen (secondary N) is 2. The second-order valence-electron chi connectivity index (χ2n) is 5.05. The van der Waals surface area contributed by atoms with Crippen molar-refractivity contribution in [2.75, 3.05) is 13.7 Å². The number of aromatic amines is 1. The Morgan fingerprint density at radius 1 is 1.14 bits per heavy atom. The Morgan fingerprint density at radius 3 is 2.81 bits per heavy atom. The molecule has 0 aliphatic rings. The number of hydrogen-bond donors (Lipinski definition) is 2. The summed E-state index contributed by atoms with van der Waals surface area (Å²) in [5, 5.41) is 5.90. The number of aromatic nitrogens is 2. The van der Waals surface area contributed by atoms with Gasteiger partial charge < -0.3 is 15.0 Å². The topological polar surface area (TPSA) is 49.9 Å². The molecule has 1 heterocycles. The van der Waals surface area contributed by atoms with E-state index in [-0.39, 0.29) is 0 Å². The lowest BCUT2D eigenvalue weighted by molar-refractivity contribution is 0.415. The van der Waals surface area contributed by atoms with Gasteiger partial charge in [-0.1, -0.05) is 18.2 Å². The normalized spacial score (nSPS) is 10.9. The Balaban J connectivity index is 1.59. The molecule has 21 heavy (non-hydrogen) atoms. The van der Waals surface area contributed by atoms with Gasteiger partial charge in [0.25, 0.3) is 0 Å². The van der Waals surface area contributed by atoms with Crippen molar-refractivity contribution >= 4 is 10.8 Å². The van der Waals surface area contributed by atoms with Crippen LogP contribution in [-0.4, -0.2) is 23.6 Å². The first-order chi connectivity index (χ1) is 10.3. The van der Waals surface area contributed by atoms with Gasteiger partial charge in [-0.2, -0.15) is 0 Å². The largest absolute Gasteiger partial charge is 0.497 e. The summed E-state index contributed by atoms with van der Waals surface area (Å²) >= 11 is 0. The van der Waals surface area contributed by atoms with Crippen molar-refractivity contribution in [3.05, 3.63) is 60.2 Å². The smallest absolute Gasteiger partial charge is 0.119 e. The molecule has 0 amide bonds. The Labute approximate surface area is 124 Å². The molecule has 0 bridgehead atoms. The molecule has 4 nitrogen and oxygen atoms in total. The quantitative estimate of drug-likeness (QED) is 0.683. The summed E-state index contributed by atoms with van der Waals surface area (Å²) < 4.78 is 5.25. The van der Waals surface area contributed by atoms with Crippen molar-refractivity contribution in [1.29, 1.82) is 0 Å². The Hall–Kier alpha value is -2.33. The maximum atomic E-state index is 5.25. The van der Waals surface area contributed by atoms with E-state index >= 15 is 0 Å². The fourth-order valence-electron chi connectivity index (χ4n) is 2.39. The minimum atomic E-state index is 0.871. The average Bonchev–Trinajstić information content (AvgIpc) is 3.04. The zero-order valence-electron chi connectivity index (χ0n) is 12.1. The lowest BCUT2D eigenvalue weighted by Gasteiger charge is -2.07. The fourth-order valence-corrected chi connectivity index (χ4v) is 2.39. The van der Waals surface area contributed by atoms with Crippen molar-refractivity contribution < 1.29 is 4.74 Å². The summed E-state index contributed by atoms with van der Waals surface area (Å²) in [6.07, 6.45) is 4.54. The standard InChI is InChI=1S/C17H19N3O/c1-21-17-5-4-14-8-13(2-3-15(14)9-17)10-18-7-6-16-11-19-12-20-16/h2-5,8-9,11-12,18H,6-7,10H2,1H3,(H,19,20). The van der Waals surface area contributed by atoms with Gasteiger partial charge in [0.2, 0.25) is 0 Å². The monoisotopic (exact) mass is 281 g/mol. The van der Waals surface area contributed by atoms with E-state index in [4.69, 9.17) is 4.74 Å². The molecule has 1 aromatic heterocycles. The number of H-pyrrole nitrogens is 1. The molecule has 0 saturated carbocycles. The highest BCUT2D eigenvalue weighted by Gasteiger charge is 1.99. The Bertz CT molecular complexity index is 707. The minimum absolute atomic E-state index is 0.871. The van der Waals surface area contributed by atoms with Crippen LogP contribution < -0.4 is 10.1 Å². The highest BCUT2D eigenvalue weighted by Crippen LogP contribution is 2.21. The van der Waals surface area contributed by atoms with Crippen LogP contribution in [0.25, 0.3) is 10.8 Å². The van der Waals surface area contributed by atoms with E-state index in [1.807, 2.05) is 12.3 Å². The summed E-state index contributed by atoms with van der Waals surface area (Å²) in [6.45, 7) is 1.80. The first-order valence-electron chi connectivity index (χ1n) is 7.10. The molecule has 0 aliphatic carbocycles. The predicted octanol–water partition coefficient (Wildman–Crippen LogP) is 2.90. The van der Waals surface area contributed by atoms with Crippen molar-refractivity contribution in [2.24, 2.45) is 0 Å². The third kappa shape index (κ3) is 3.41. The summed E-state index contributed by atoms with van der Waals surface area (Å²) in [4.78, 5) is 7.12. The van der Waals surface area contributed by atoms with Gasteiger partial charge in [0.05, 0.1) is 13.4 Å². The van der Waals surface area contributed by atoms with Gasteiger partial charge >= 0.3 is 0 Å². The van der Waals surface area contributed by atoms with E-state index in [9.17, 15) is 0 Å². The molecule has 0 unspecified atom stereocenters.